The largest absolute Gasteiger partial charge is 0.330 e. The van der Waals surface area contributed by atoms with Crippen LogP contribution in [0.5, 0.6) is 0 Å². The summed E-state index contributed by atoms with van der Waals surface area (Å²) in [6.45, 7) is 4.48. The highest BCUT2D eigenvalue weighted by Gasteiger charge is 1.99. The van der Waals surface area contributed by atoms with Gasteiger partial charge in [-0.25, -0.2) is 0 Å². The molecule has 0 heterocycles. The molecule has 0 aliphatic carbocycles. The first kappa shape index (κ1) is 9.63. The van der Waals surface area contributed by atoms with Gasteiger partial charge in [0.05, 0.1) is 0 Å². The van der Waals surface area contributed by atoms with Gasteiger partial charge in [0, 0.05) is 6.42 Å². The number of ketones is 1. The van der Waals surface area contributed by atoms with Crippen LogP contribution in [0.25, 0.3) is 0 Å². The van der Waals surface area contributed by atoms with Crippen molar-refractivity contribution in [2.45, 2.75) is 33.1 Å². The molecule has 0 bridgehead atoms. The van der Waals surface area contributed by atoms with Crippen LogP contribution in [0.2, 0.25) is 0 Å². The summed E-state index contributed by atoms with van der Waals surface area (Å²) in [4.78, 5) is 10.5. The third-order valence-corrected chi connectivity index (χ3v) is 1.63. The molecule has 0 radical (unpaired) electrons. The highest BCUT2D eigenvalue weighted by Crippen LogP contribution is 2.05. The van der Waals surface area contributed by atoms with Crippen molar-refractivity contribution in [3.8, 4) is 0 Å². The van der Waals surface area contributed by atoms with Crippen molar-refractivity contribution in [2.24, 2.45) is 11.7 Å². The van der Waals surface area contributed by atoms with Crippen LogP contribution in [0, 0.1) is 5.92 Å². The van der Waals surface area contributed by atoms with E-state index < -0.39 is 0 Å². The lowest BCUT2D eigenvalue weighted by molar-refractivity contribution is -0.117. The van der Waals surface area contributed by atoms with Gasteiger partial charge >= 0.3 is 0 Å². The molecule has 0 spiro atoms. The van der Waals surface area contributed by atoms with Gasteiger partial charge in [-0.2, -0.15) is 0 Å². The second-order valence-corrected chi connectivity index (χ2v) is 2.94. The van der Waals surface area contributed by atoms with E-state index in [0.29, 0.717) is 12.3 Å². The maximum atomic E-state index is 10.5. The Morgan fingerprint density at radius 1 is 1.60 bits per heavy atom. The minimum Gasteiger partial charge on any atom is -0.330 e. The third kappa shape index (κ3) is 5.76. The number of hydrogen-bond donors (Lipinski definition) is 1. The van der Waals surface area contributed by atoms with Crippen molar-refractivity contribution in [1.82, 2.24) is 0 Å². The van der Waals surface area contributed by atoms with Crippen LogP contribution < -0.4 is 5.73 Å². The molecule has 0 rings (SSSR count). The molecule has 0 amide bonds. The van der Waals surface area contributed by atoms with Gasteiger partial charge in [0.2, 0.25) is 0 Å². The molecule has 0 aromatic carbocycles. The number of rotatable bonds is 5. The average Bonchev–Trinajstić information content (AvgIpc) is 1.87. The highest BCUT2D eigenvalue weighted by atomic mass is 16.1. The number of carbonyl (C=O) groups is 1. The Bertz CT molecular complexity index is 101. The SMILES string of the molecule is CC(=O)CCCC(C)CN. The molecule has 0 aromatic heterocycles. The van der Waals surface area contributed by atoms with Gasteiger partial charge < -0.3 is 10.5 Å². The molecule has 0 saturated carbocycles. The lowest BCUT2D eigenvalue weighted by atomic mass is 10.0. The molecule has 2 N–H and O–H groups in total. The van der Waals surface area contributed by atoms with Crippen molar-refractivity contribution >= 4 is 5.78 Å². The first-order valence-electron chi connectivity index (χ1n) is 3.86. The molecule has 1 unspecified atom stereocenters. The van der Waals surface area contributed by atoms with Gasteiger partial charge in [0.25, 0.3) is 0 Å². The molecule has 2 heteroatoms. The van der Waals surface area contributed by atoms with E-state index >= 15 is 0 Å². The maximum Gasteiger partial charge on any atom is 0.129 e. The highest BCUT2D eigenvalue weighted by molar-refractivity contribution is 5.75. The van der Waals surface area contributed by atoms with E-state index in [2.05, 4.69) is 6.92 Å². The summed E-state index contributed by atoms with van der Waals surface area (Å²) in [6.07, 6.45) is 2.79. The van der Waals surface area contributed by atoms with Crippen molar-refractivity contribution in [3.05, 3.63) is 0 Å². The van der Waals surface area contributed by atoms with Crippen molar-refractivity contribution in [1.29, 1.82) is 0 Å². The van der Waals surface area contributed by atoms with Crippen LogP contribution in [0.1, 0.15) is 33.1 Å². The summed E-state index contributed by atoms with van der Waals surface area (Å²) in [7, 11) is 0. The fraction of sp³-hybridized carbons (Fsp3) is 0.875. The van der Waals surface area contributed by atoms with Gasteiger partial charge in [-0.1, -0.05) is 6.92 Å². The molecule has 0 aliphatic rings. The monoisotopic (exact) mass is 143 g/mol. The van der Waals surface area contributed by atoms with E-state index in [1.54, 1.807) is 6.92 Å². The fourth-order valence-electron chi connectivity index (χ4n) is 0.817. The predicted molar refractivity (Wildman–Crippen MR) is 42.8 cm³/mol. The lowest BCUT2D eigenvalue weighted by Gasteiger charge is -2.05. The normalized spacial score (nSPS) is 13.1. The summed E-state index contributed by atoms with van der Waals surface area (Å²) in [5, 5.41) is 0. The minimum atomic E-state index is 0.282. The molecule has 10 heavy (non-hydrogen) atoms. The standard InChI is InChI=1S/C8H17NO/c1-7(6-9)4-3-5-8(2)10/h7H,3-6,9H2,1-2H3. The lowest BCUT2D eigenvalue weighted by Crippen LogP contribution is -2.10. The smallest absolute Gasteiger partial charge is 0.129 e. The van der Waals surface area contributed by atoms with Gasteiger partial charge in [0.15, 0.2) is 0 Å². The second kappa shape index (κ2) is 5.42. The number of hydrogen-bond acceptors (Lipinski definition) is 2. The van der Waals surface area contributed by atoms with Crippen molar-refractivity contribution in [2.75, 3.05) is 6.54 Å². The zero-order chi connectivity index (χ0) is 7.98. The summed E-state index contributed by atoms with van der Waals surface area (Å²) in [6, 6.07) is 0. The van der Waals surface area contributed by atoms with Crippen LogP contribution in [-0.2, 0) is 4.79 Å². The Morgan fingerprint density at radius 2 is 2.20 bits per heavy atom. The van der Waals surface area contributed by atoms with E-state index in [4.69, 9.17) is 5.73 Å². The van der Waals surface area contributed by atoms with Crippen LogP contribution in [0.3, 0.4) is 0 Å². The van der Waals surface area contributed by atoms with E-state index in [1.807, 2.05) is 0 Å². The average molecular weight is 143 g/mol. The first-order valence-corrected chi connectivity index (χ1v) is 3.86. The Balaban J connectivity index is 3.11. The third-order valence-electron chi connectivity index (χ3n) is 1.63. The number of nitrogens with two attached hydrogens (primary N) is 1. The quantitative estimate of drug-likeness (QED) is 0.631. The zero-order valence-electron chi connectivity index (χ0n) is 6.89. The molecule has 2 nitrogen and oxygen atoms in total. The molecular weight excluding hydrogens is 126 g/mol. The fourth-order valence-corrected chi connectivity index (χ4v) is 0.817. The molecule has 60 valence electrons. The van der Waals surface area contributed by atoms with Crippen molar-refractivity contribution < 1.29 is 4.79 Å². The topological polar surface area (TPSA) is 43.1 Å². The molecule has 0 saturated heterocycles. The van der Waals surface area contributed by atoms with Gasteiger partial charge in [-0.05, 0) is 32.2 Å². The van der Waals surface area contributed by atoms with Crippen LogP contribution in [-0.4, -0.2) is 12.3 Å². The second-order valence-electron chi connectivity index (χ2n) is 2.94. The van der Waals surface area contributed by atoms with E-state index in [9.17, 15) is 4.79 Å². The molecule has 1 atom stereocenters. The summed E-state index contributed by atoms with van der Waals surface area (Å²) >= 11 is 0. The zero-order valence-corrected chi connectivity index (χ0v) is 6.89. The van der Waals surface area contributed by atoms with Crippen LogP contribution >= 0.6 is 0 Å². The first-order chi connectivity index (χ1) is 4.66. The van der Waals surface area contributed by atoms with E-state index in [0.717, 1.165) is 19.4 Å². The minimum absolute atomic E-state index is 0.282. The molecular formula is C8H17NO. The number of Topliss-reactive ketones (excluding diaryl/α,β-unsaturated/α-hetero) is 1. The van der Waals surface area contributed by atoms with Gasteiger partial charge in [-0.15, -0.1) is 0 Å². The van der Waals surface area contributed by atoms with Gasteiger partial charge in [0.1, 0.15) is 5.78 Å². The van der Waals surface area contributed by atoms with Gasteiger partial charge in [-0.3, -0.25) is 0 Å². The summed E-state index contributed by atoms with van der Waals surface area (Å²) < 4.78 is 0. The Morgan fingerprint density at radius 3 is 2.60 bits per heavy atom. The molecule has 0 aromatic rings. The Hall–Kier alpha value is -0.370. The van der Waals surface area contributed by atoms with Crippen LogP contribution in [0.4, 0.5) is 0 Å². The van der Waals surface area contributed by atoms with E-state index in [-0.39, 0.29) is 5.78 Å². The Labute approximate surface area is 62.8 Å². The predicted octanol–water partition coefficient (Wildman–Crippen LogP) is 1.34. The Kier molecular flexibility index (Phi) is 5.22. The van der Waals surface area contributed by atoms with Crippen LogP contribution in [0.15, 0.2) is 0 Å². The number of carbonyl (C=O) groups excluding carboxylic acids is 1. The molecule has 0 aliphatic heterocycles. The summed E-state index contributed by atoms with van der Waals surface area (Å²) in [5.74, 6) is 0.851. The maximum absolute atomic E-state index is 10.5. The van der Waals surface area contributed by atoms with Crippen molar-refractivity contribution in [3.63, 3.8) is 0 Å². The summed E-state index contributed by atoms with van der Waals surface area (Å²) in [5.41, 5.74) is 5.40. The molecule has 0 fully saturated rings. The van der Waals surface area contributed by atoms with E-state index in [1.165, 1.54) is 0 Å².